The molecule has 1 fully saturated rings. The van der Waals surface area contributed by atoms with Crippen LogP contribution in [-0.4, -0.2) is 41.1 Å². The molecule has 0 saturated carbocycles. The number of carbonyl (C=O) groups excluding carboxylic acids is 1. The molecule has 1 rings (SSSR count). The molecule has 1 heterocycles. The third-order valence-corrected chi connectivity index (χ3v) is 1.81. The molecule has 1 amide bonds. The number of amides is 1. The minimum absolute atomic E-state index is 0.0722. The Labute approximate surface area is 74.6 Å². The fourth-order valence-electron chi connectivity index (χ4n) is 1.17. The fourth-order valence-corrected chi connectivity index (χ4v) is 1.17. The lowest BCUT2D eigenvalue weighted by Crippen LogP contribution is -2.27. The number of carboxylic acids is 1. The largest absolute Gasteiger partial charge is 0.478 e. The second kappa shape index (κ2) is 4.02. The van der Waals surface area contributed by atoms with Gasteiger partial charge < -0.3 is 10.0 Å². The number of rotatable bonds is 2. The highest BCUT2D eigenvalue weighted by Gasteiger charge is 2.24. The van der Waals surface area contributed by atoms with Gasteiger partial charge >= 0.3 is 5.97 Å². The maximum Gasteiger partial charge on any atom is 0.328 e. The van der Waals surface area contributed by atoms with Crippen LogP contribution in [0.25, 0.3) is 0 Å². The van der Waals surface area contributed by atoms with Gasteiger partial charge in [0.25, 0.3) is 0 Å². The Balaban J connectivity index is 2.44. The van der Waals surface area contributed by atoms with Gasteiger partial charge in [0, 0.05) is 18.7 Å². The Kier molecular flexibility index (Phi) is 3.00. The van der Waals surface area contributed by atoms with E-state index in [0.717, 1.165) is 12.2 Å². The quantitative estimate of drug-likeness (QED) is 0.628. The number of aliphatic carboxylic acids is 1. The molecule has 0 spiro atoms. The van der Waals surface area contributed by atoms with Crippen molar-refractivity contribution < 1.29 is 19.1 Å². The van der Waals surface area contributed by atoms with E-state index in [1.807, 2.05) is 0 Å². The van der Waals surface area contributed by atoms with E-state index in [1.165, 1.54) is 4.90 Å². The Morgan fingerprint density at radius 1 is 1.46 bits per heavy atom. The molecule has 0 bridgehead atoms. The van der Waals surface area contributed by atoms with Crippen LogP contribution < -0.4 is 0 Å². The summed E-state index contributed by atoms with van der Waals surface area (Å²) in [6.45, 7) is 0.437. The molecule has 1 aliphatic rings. The predicted molar refractivity (Wildman–Crippen MR) is 42.9 cm³/mol. The monoisotopic (exact) mass is 187 g/mol. The molecule has 1 atom stereocenters. The zero-order valence-corrected chi connectivity index (χ0v) is 6.94. The van der Waals surface area contributed by atoms with Crippen LogP contribution in [0.2, 0.25) is 0 Å². The van der Waals surface area contributed by atoms with E-state index in [-0.39, 0.29) is 6.54 Å². The summed E-state index contributed by atoms with van der Waals surface area (Å²) in [6.07, 6.45) is 1.07. The third kappa shape index (κ3) is 2.85. The van der Waals surface area contributed by atoms with Crippen molar-refractivity contribution in [2.24, 2.45) is 0 Å². The molecule has 13 heavy (non-hydrogen) atoms. The molecule has 1 saturated heterocycles. The van der Waals surface area contributed by atoms with Gasteiger partial charge in [-0.05, 0) is 6.42 Å². The van der Waals surface area contributed by atoms with Gasteiger partial charge in [0.05, 0.1) is 6.54 Å². The van der Waals surface area contributed by atoms with E-state index < -0.39 is 18.0 Å². The smallest absolute Gasteiger partial charge is 0.328 e. The minimum atomic E-state index is -1.18. The molecule has 0 aromatic rings. The van der Waals surface area contributed by atoms with Crippen LogP contribution in [0.5, 0.6) is 0 Å². The predicted octanol–water partition coefficient (Wildman–Crippen LogP) is 0.198. The van der Waals surface area contributed by atoms with Crippen molar-refractivity contribution in [2.75, 3.05) is 13.1 Å². The minimum Gasteiger partial charge on any atom is -0.478 e. The number of carboxylic acid groups (broad SMARTS) is 1. The van der Waals surface area contributed by atoms with Crippen molar-refractivity contribution in [3.05, 3.63) is 12.2 Å². The zero-order chi connectivity index (χ0) is 9.84. The van der Waals surface area contributed by atoms with Crippen molar-refractivity contribution in [1.82, 2.24) is 4.90 Å². The van der Waals surface area contributed by atoms with Gasteiger partial charge in [-0.25, -0.2) is 9.18 Å². The zero-order valence-electron chi connectivity index (χ0n) is 6.94. The molecule has 0 radical (unpaired) electrons. The van der Waals surface area contributed by atoms with E-state index >= 15 is 0 Å². The number of carbonyl (C=O) groups is 2. The lowest BCUT2D eigenvalue weighted by atomic mass is 10.3. The maximum absolute atomic E-state index is 12.6. The number of hydrogen-bond donors (Lipinski definition) is 1. The van der Waals surface area contributed by atoms with Gasteiger partial charge in [0.2, 0.25) is 5.91 Å². The van der Waals surface area contributed by atoms with E-state index in [0.29, 0.717) is 13.0 Å². The molecule has 0 aliphatic carbocycles. The van der Waals surface area contributed by atoms with Gasteiger partial charge in [-0.15, -0.1) is 0 Å². The Morgan fingerprint density at radius 2 is 2.15 bits per heavy atom. The van der Waals surface area contributed by atoms with Gasteiger partial charge in [0.1, 0.15) is 6.17 Å². The number of likely N-dealkylation sites (tertiary alicyclic amines) is 1. The summed E-state index contributed by atoms with van der Waals surface area (Å²) in [5, 5.41) is 8.23. The van der Waals surface area contributed by atoms with Gasteiger partial charge in [-0.2, -0.15) is 0 Å². The molecule has 4 nitrogen and oxygen atoms in total. The molecule has 1 N–H and O–H groups in total. The first-order valence-corrected chi connectivity index (χ1v) is 3.93. The average molecular weight is 187 g/mol. The lowest BCUT2D eigenvalue weighted by Gasteiger charge is -2.11. The molecular formula is C8H10FNO3. The van der Waals surface area contributed by atoms with Crippen LogP contribution in [0.15, 0.2) is 12.2 Å². The average Bonchev–Trinajstić information content (AvgIpc) is 2.47. The molecule has 0 aromatic heterocycles. The number of alkyl halides is 1. The van der Waals surface area contributed by atoms with Crippen molar-refractivity contribution in [1.29, 1.82) is 0 Å². The Bertz CT molecular complexity index is 252. The molecule has 72 valence electrons. The molecule has 5 heteroatoms. The SMILES string of the molecule is O=C(O)/C=C/C(=O)N1CC[C@H](F)C1. The Morgan fingerprint density at radius 3 is 2.62 bits per heavy atom. The van der Waals surface area contributed by atoms with Crippen LogP contribution >= 0.6 is 0 Å². The highest BCUT2D eigenvalue weighted by Crippen LogP contribution is 2.12. The van der Waals surface area contributed by atoms with Crippen molar-refractivity contribution in [2.45, 2.75) is 12.6 Å². The number of halogens is 1. The highest BCUT2D eigenvalue weighted by molar-refractivity contribution is 5.94. The third-order valence-electron chi connectivity index (χ3n) is 1.81. The highest BCUT2D eigenvalue weighted by atomic mass is 19.1. The van der Waals surface area contributed by atoms with E-state index in [4.69, 9.17) is 5.11 Å². The summed E-state index contributed by atoms with van der Waals surface area (Å²) >= 11 is 0. The summed E-state index contributed by atoms with van der Waals surface area (Å²) in [5.41, 5.74) is 0. The van der Waals surface area contributed by atoms with Crippen molar-refractivity contribution in [3.63, 3.8) is 0 Å². The molecular weight excluding hydrogens is 177 g/mol. The molecule has 1 aliphatic heterocycles. The summed E-state index contributed by atoms with van der Waals surface area (Å²) in [6, 6.07) is 0. The summed E-state index contributed by atoms with van der Waals surface area (Å²) in [4.78, 5) is 22.5. The van der Waals surface area contributed by atoms with Crippen molar-refractivity contribution >= 4 is 11.9 Å². The first-order chi connectivity index (χ1) is 6.09. The second-order valence-corrected chi connectivity index (χ2v) is 2.84. The molecule has 0 aromatic carbocycles. The number of hydrogen-bond acceptors (Lipinski definition) is 2. The molecule has 0 unspecified atom stereocenters. The summed E-state index contributed by atoms with van der Waals surface area (Å²) in [7, 11) is 0. The standard InChI is InChI=1S/C8H10FNO3/c9-6-3-4-10(5-6)7(11)1-2-8(12)13/h1-2,6H,3-5H2,(H,12,13)/b2-1+/t6-/m0/s1. The second-order valence-electron chi connectivity index (χ2n) is 2.84. The normalized spacial score (nSPS) is 22.5. The van der Waals surface area contributed by atoms with E-state index in [2.05, 4.69) is 0 Å². The van der Waals surface area contributed by atoms with Gasteiger partial charge in [0.15, 0.2) is 0 Å². The van der Waals surface area contributed by atoms with Crippen LogP contribution in [0.3, 0.4) is 0 Å². The van der Waals surface area contributed by atoms with Crippen LogP contribution in [0, 0.1) is 0 Å². The van der Waals surface area contributed by atoms with Gasteiger partial charge in [-0.1, -0.05) is 0 Å². The number of nitrogens with zero attached hydrogens (tertiary/aromatic N) is 1. The first-order valence-electron chi connectivity index (χ1n) is 3.93. The van der Waals surface area contributed by atoms with Crippen LogP contribution in [0.1, 0.15) is 6.42 Å². The van der Waals surface area contributed by atoms with Gasteiger partial charge in [-0.3, -0.25) is 4.79 Å². The summed E-state index contributed by atoms with van der Waals surface area (Å²) in [5.74, 6) is -1.62. The summed E-state index contributed by atoms with van der Waals surface area (Å²) < 4.78 is 12.6. The van der Waals surface area contributed by atoms with Crippen LogP contribution in [-0.2, 0) is 9.59 Å². The lowest BCUT2D eigenvalue weighted by molar-refractivity contribution is -0.132. The van der Waals surface area contributed by atoms with Crippen LogP contribution in [0.4, 0.5) is 4.39 Å². The first kappa shape index (κ1) is 9.70. The van der Waals surface area contributed by atoms with E-state index in [9.17, 15) is 14.0 Å². The van der Waals surface area contributed by atoms with Crippen molar-refractivity contribution in [3.8, 4) is 0 Å². The Hall–Kier alpha value is -1.39. The maximum atomic E-state index is 12.6. The fraction of sp³-hybridized carbons (Fsp3) is 0.500. The topological polar surface area (TPSA) is 57.6 Å². The van der Waals surface area contributed by atoms with E-state index in [1.54, 1.807) is 0 Å².